The van der Waals surface area contributed by atoms with Gasteiger partial charge in [-0.1, -0.05) is 24.3 Å². The maximum absolute atomic E-state index is 13.0. The van der Waals surface area contributed by atoms with Gasteiger partial charge in [0.25, 0.3) is 5.91 Å². The number of aryl methyl sites for hydroxylation is 1. The number of fused-ring (bicyclic) bond motifs is 1. The molecule has 0 N–H and O–H groups in total. The van der Waals surface area contributed by atoms with E-state index in [-0.39, 0.29) is 30.7 Å². The van der Waals surface area contributed by atoms with Crippen molar-refractivity contribution in [3.8, 4) is 0 Å². The van der Waals surface area contributed by atoms with E-state index in [1.54, 1.807) is 6.20 Å². The highest BCUT2D eigenvalue weighted by molar-refractivity contribution is 5.92. The number of likely N-dealkylation sites (tertiary alicyclic amines) is 1. The SMILES string of the molecule is Cc1ccccc1[C@H]1[C@@H]2CN(c3cncc(C(=O)N4CCN(C)CC4)n3)C[C@@H]2CN1C.Cl.Cl. The van der Waals surface area contributed by atoms with Gasteiger partial charge in [0.05, 0.1) is 12.4 Å². The summed E-state index contributed by atoms with van der Waals surface area (Å²) in [6.45, 7) is 8.53. The van der Waals surface area contributed by atoms with E-state index in [2.05, 4.69) is 65.0 Å². The molecule has 4 heterocycles. The number of anilines is 1. The minimum Gasteiger partial charge on any atom is -0.355 e. The van der Waals surface area contributed by atoms with Crippen molar-refractivity contribution in [3.63, 3.8) is 0 Å². The smallest absolute Gasteiger partial charge is 0.274 e. The van der Waals surface area contributed by atoms with Crippen molar-refractivity contribution in [2.75, 3.05) is 64.8 Å². The second-order valence-electron chi connectivity index (χ2n) is 9.43. The minimum absolute atomic E-state index is 0. The van der Waals surface area contributed by atoms with Crippen molar-refractivity contribution in [2.24, 2.45) is 11.8 Å². The zero-order valence-electron chi connectivity index (χ0n) is 19.6. The molecule has 3 saturated heterocycles. The van der Waals surface area contributed by atoms with Crippen molar-refractivity contribution in [1.29, 1.82) is 0 Å². The highest BCUT2D eigenvalue weighted by atomic mass is 35.5. The number of benzene rings is 1. The predicted octanol–water partition coefficient (Wildman–Crippen LogP) is 2.76. The summed E-state index contributed by atoms with van der Waals surface area (Å²) >= 11 is 0. The maximum atomic E-state index is 13.0. The van der Waals surface area contributed by atoms with Gasteiger partial charge < -0.3 is 14.7 Å². The number of carbonyl (C=O) groups excluding carboxylic acids is 1. The number of hydrogen-bond donors (Lipinski definition) is 0. The zero-order chi connectivity index (χ0) is 21.5. The Morgan fingerprint density at radius 2 is 1.70 bits per heavy atom. The summed E-state index contributed by atoms with van der Waals surface area (Å²) in [6, 6.07) is 9.18. The first-order valence-corrected chi connectivity index (χ1v) is 11.3. The molecule has 1 aromatic heterocycles. The Kier molecular flexibility index (Phi) is 8.22. The molecule has 0 spiro atoms. The van der Waals surface area contributed by atoms with Crippen molar-refractivity contribution >= 4 is 36.5 Å². The second kappa shape index (κ2) is 10.6. The Labute approximate surface area is 209 Å². The summed E-state index contributed by atoms with van der Waals surface area (Å²) in [5.41, 5.74) is 3.26. The topological polar surface area (TPSA) is 55.8 Å². The van der Waals surface area contributed by atoms with Crippen LogP contribution in [0.3, 0.4) is 0 Å². The van der Waals surface area contributed by atoms with E-state index in [1.165, 1.54) is 11.1 Å². The van der Waals surface area contributed by atoms with E-state index >= 15 is 0 Å². The third kappa shape index (κ3) is 4.97. The molecule has 5 rings (SSSR count). The van der Waals surface area contributed by atoms with Crippen molar-refractivity contribution in [2.45, 2.75) is 13.0 Å². The van der Waals surface area contributed by atoms with Crippen LogP contribution in [0.15, 0.2) is 36.7 Å². The summed E-state index contributed by atoms with van der Waals surface area (Å²) in [5, 5.41) is 0. The van der Waals surface area contributed by atoms with Crippen LogP contribution >= 0.6 is 24.8 Å². The Morgan fingerprint density at radius 1 is 0.970 bits per heavy atom. The Hall–Kier alpha value is -1.93. The molecule has 0 saturated carbocycles. The van der Waals surface area contributed by atoms with Gasteiger partial charge in [-0.25, -0.2) is 4.98 Å². The van der Waals surface area contributed by atoms with Gasteiger partial charge in [0.2, 0.25) is 0 Å². The summed E-state index contributed by atoms with van der Waals surface area (Å²) in [5.74, 6) is 2.00. The average molecular weight is 493 g/mol. The van der Waals surface area contributed by atoms with Gasteiger partial charge in [0.1, 0.15) is 11.5 Å². The summed E-state index contributed by atoms with van der Waals surface area (Å²) in [6.07, 6.45) is 3.43. The van der Waals surface area contributed by atoms with Gasteiger partial charge >= 0.3 is 0 Å². The molecule has 3 fully saturated rings. The van der Waals surface area contributed by atoms with Gasteiger partial charge in [0.15, 0.2) is 0 Å². The van der Waals surface area contributed by atoms with E-state index in [4.69, 9.17) is 4.98 Å². The Bertz CT molecular complexity index is 967. The molecule has 0 radical (unpaired) electrons. The van der Waals surface area contributed by atoms with E-state index in [0.717, 1.165) is 51.6 Å². The molecule has 33 heavy (non-hydrogen) atoms. The fraction of sp³-hybridized carbons (Fsp3) is 0.542. The number of piperazine rings is 1. The zero-order valence-corrected chi connectivity index (χ0v) is 21.2. The van der Waals surface area contributed by atoms with Gasteiger partial charge in [-0.3, -0.25) is 14.7 Å². The number of aromatic nitrogens is 2. The van der Waals surface area contributed by atoms with Crippen LogP contribution in [-0.2, 0) is 0 Å². The lowest BCUT2D eigenvalue weighted by atomic mass is 9.88. The van der Waals surface area contributed by atoms with Gasteiger partial charge in [-0.15, -0.1) is 24.8 Å². The molecule has 0 aliphatic carbocycles. The number of hydrogen-bond acceptors (Lipinski definition) is 6. The molecular weight excluding hydrogens is 459 g/mol. The van der Waals surface area contributed by atoms with Gasteiger partial charge in [-0.05, 0) is 38.1 Å². The van der Waals surface area contributed by atoms with Crippen molar-refractivity contribution < 1.29 is 4.79 Å². The van der Waals surface area contributed by atoms with Crippen LogP contribution in [0.25, 0.3) is 0 Å². The lowest BCUT2D eigenvalue weighted by molar-refractivity contribution is 0.0658. The molecule has 3 atom stereocenters. The molecule has 0 bridgehead atoms. The number of carbonyl (C=O) groups is 1. The third-order valence-corrected chi connectivity index (χ3v) is 7.36. The summed E-state index contributed by atoms with van der Waals surface area (Å²) < 4.78 is 0. The molecule has 7 nitrogen and oxygen atoms in total. The number of amides is 1. The molecule has 0 unspecified atom stereocenters. The number of rotatable bonds is 3. The molecule has 1 amide bonds. The predicted molar refractivity (Wildman–Crippen MR) is 136 cm³/mol. The van der Waals surface area contributed by atoms with Crippen LogP contribution < -0.4 is 4.90 Å². The van der Waals surface area contributed by atoms with Crippen LogP contribution in [0.4, 0.5) is 5.82 Å². The first-order chi connectivity index (χ1) is 15.0. The van der Waals surface area contributed by atoms with Gasteiger partial charge in [-0.2, -0.15) is 0 Å². The first kappa shape index (κ1) is 25.7. The standard InChI is InChI=1S/C24H32N6O.2ClH/c1-17-6-4-5-7-19(17)23-20-16-30(15-18(20)14-28(23)3)22-13-25-12-21(26-22)24(31)29-10-8-27(2)9-11-29;;/h4-7,12-13,18,20,23H,8-11,14-16H2,1-3H3;2*1H/t18-,20+,23-;;/m0../s1. The lowest BCUT2D eigenvalue weighted by Gasteiger charge is -2.32. The van der Waals surface area contributed by atoms with Crippen LogP contribution in [0.2, 0.25) is 0 Å². The van der Waals surface area contributed by atoms with E-state index in [9.17, 15) is 4.79 Å². The summed E-state index contributed by atoms with van der Waals surface area (Å²) in [4.78, 5) is 31.1. The Morgan fingerprint density at radius 3 is 2.42 bits per heavy atom. The largest absolute Gasteiger partial charge is 0.355 e. The highest BCUT2D eigenvalue weighted by Gasteiger charge is 2.46. The second-order valence-corrected chi connectivity index (χ2v) is 9.43. The average Bonchev–Trinajstić information content (AvgIpc) is 3.31. The third-order valence-electron chi connectivity index (χ3n) is 7.36. The van der Waals surface area contributed by atoms with Crippen molar-refractivity contribution in [3.05, 3.63) is 53.5 Å². The quantitative estimate of drug-likeness (QED) is 0.656. The first-order valence-electron chi connectivity index (χ1n) is 11.3. The van der Waals surface area contributed by atoms with E-state index in [0.29, 0.717) is 23.6 Å². The fourth-order valence-electron chi connectivity index (χ4n) is 5.61. The minimum atomic E-state index is -0.000591. The molecular formula is C24H34Cl2N6O. The number of likely N-dealkylation sites (N-methyl/N-ethyl adjacent to an activating group) is 1. The fourth-order valence-corrected chi connectivity index (χ4v) is 5.61. The van der Waals surface area contributed by atoms with Crippen LogP contribution in [0, 0.1) is 18.8 Å². The van der Waals surface area contributed by atoms with Crippen LogP contribution in [0.5, 0.6) is 0 Å². The molecule has 180 valence electrons. The Balaban J connectivity index is 0.00000153. The van der Waals surface area contributed by atoms with Gasteiger partial charge in [0, 0.05) is 57.8 Å². The summed E-state index contributed by atoms with van der Waals surface area (Å²) in [7, 11) is 4.34. The maximum Gasteiger partial charge on any atom is 0.274 e. The molecule has 3 aliphatic heterocycles. The van der Waals surface area contributed by atoms with Crippen molar-refractivity contribution in [1.82, 2.24) is 24.7 Å². The number of halogens is 2. The molecule has 1 aromatic carbocycles. The van der Waals surface area contributed by atoms with E-state index < -0.39 is 0 Å². The molecule has 3 aliphatic rings. The van der Waals surface area contributed by atoms with Crippen LogP contribution in [-0.4, -0.2) is 90.5 Å². The van der Waals surface area contributed by atoms with E-state index in [1.807, 2.05) is 11.1 Å². The van der Waals surface area contributed by atoms with Crippen LogP contribution in [0.1, 0.15) is 27.7 Å². The molecule has 2 aromatic rings. The number of nitrogens with zero attached hydrogens (tertiary/aromatic N) is 6. The molecule has 9 heteroatoms. The normalized spacial score (nSPS) is 25.4. The lowest BCUT2D eigenvalue weighted by Crippen LogP contribution is -2.47. The highest BCUT2D eigenvalue weighted by Crippen LogP contribution is 2.45. The monoisotopic (exact) mass is 492 g/mol.